The van der Waals surface area contributed by atoms with Crippen molar-refractivity contribution < 1.29 is 8.81 Å². The topological polar surface area (TPSA) is 38.1 Å². The molecule has 2 rings (SSSR count). The Morgan fingerprint density at radius 1 is 1.35 bits per heavy atom. The molecule has 90 valence electrons. The molecule has 1 heterocycles. The van der Waals surface area contributed by atoms with Gasteiger partial charge < -0.3 is 9.73 Å². The first-order valence-electron chi connectivity index (χ1n) is 5.55. The molecule has 17 heavy (non-hydrogen) atoms. The van der Waals surface area contributed by atoms with Gasteiger partial charge in [0.2, 0.25) is 5.89 Å². The molecule has 2 aromatic rings. The zero-order chi connectivity index (χ0) is 12.3. The molecule has 1 N–H and O–H groups in total. The maximum atomic E-state index is 12.8. The van der Waals surface area contributed by atoms with Crippen molar-refractivity contribution in [2.45, 2.75) is 26.4 Å². The van der Waals surface area contributed by atoms with Crippen molar-refractivity contribution in [2.24, 2.45) is 0 Å². The molecule has 4 heteroatoms. The average Bonchev–Trinajstić information content (AvgIpc) is 2.73. The predicted molar refractivity (Wildman–Crippen MR) is 62.9 cm³/mol. The van der Waals surface area contributed by atoms with Gasteiger partial charge in [-0.2, -0.15) is 0 Å². The molecule has 0 radical (unpaired) electrons. The van der Waals surface area contributed by atoms with Crippen molar-refractivity contribution in [1.29, 1.82) is 0 Å². The highest BCUT2D eigenvalue weighted by Crippen LogP contribution is 2.13. The van der Waals surface area contributed by atoms with Crippen LogP contribution in [0.5, 0.6) is 0 Å². The van der Waals surface area contributed by atoms with Crippen molar-refractivity contribution >= 4 is 0 Å². The van der Waals surface area contributed by atoms with E-state index in [-0.39, 0.29) is 11.9 Å². The molecule has 0 amide bonds. The van der Waals surface area contributed by atoms with Crippen LogP contribution < -0.4 is 5.32 Å². The second kappa shape index (κ2) is 5.10. The van der Waals surface area contributed by atoms with Gasteiger partial charge >= 0.3 is 0 Å². The Hall–Kier alpha value is -1.68. The first kappa shape index (κ1) is 11.8. The third-order valence-electron chi connectivity index (χ3n) is 2.60. The van der Waals surface area contributed by atoms with Gasteiger partial charge in [-0.15, -0.1) is 0 Å². The molecule has 1 aromatic heterocycles. The number of nitrogens with one attached hydrogen (secondary N) is 1. The number of oxazole rings is 1. The number of rotatable bonds is 4. The number of halogens is 1. The van der Waals surface area contributed by atoms with Crippen molar-refractivity contribution in [1.82, 2.24) is 10.3 Å². The van der Waals surface area contributed by atoms with E-state index in [1.54, 1.807) is 18.3 Å². The molecule has 0 aliphatic heterocycles. The van der Waals surface area contributed by atoms with Crippen LogP contribution >= 0.6 is 0 Å². The lowest BCUT2D eigenvalue weighted by Crippen LogP contribution is -2.18. The summed E-state index contributed by atoms with van der Waals surface area (Å²) >= 11 is 0. The minimum Gasteiger partial charge on any atom is -0.445 e. The molecule has 0 saturated carbocycles. The fourth-order valence-electron chi connectivity index (χ4n) is 1.59. The number of aryl methyl sites for hydroxylation is 1. The number of nitrogens with zero attached hydrogens (tertiary/aromatic N) is 1. The Morgan fingerprint density at radius 3 is 2.65 bits per heavy atom. The maximum absolute atomic E-state index is 12.8. The van der Waals surface area contributed by atoms with Crippen LogP contribution in [0.25, 0.3) is 0 Å². The van der Waals surface area contributed by atoms with Gasteiger partial charge in [-0.1, -0.05) is 12.1 Å². The zero-order valence-electron chi connectivity index (χ0n) is 9.90. The van der Waals surface area contributed by atoms with Crippen molar-refractivity contribution in [3.63, 3.8) is 0 Å². The summed E-state index contributed by atoms with van der Waals surface area (Å²) < 4.78 is 18.1. The van der Waals surface area contributed by atoms with Crippen LogP contribution in [-0.4, -0.2) is 4.98 Å². The minimum atomic E-state index is -0.218. The molecule has 0 saturated heterocycles. The van der Waals surface area contributed by atoms with Gasteiger partial charge in [0.1, 0.15) is 11.6 Å². The fourth-order valence-corrected chi connectivity index (χ4v) is 1.59. The minimum absolute atomic E-state index is 0.128. The predicted octanol–water partition coefficient (Wildman–Crippen LogP) is 2.97. The van der Waals surface area contributed by atoms with Crippen LogP contribution in [0.1, 0.15) is 30.2 Å². The summed E-state index contributed by atoms with van der Waals surface area (Å²) in [6.07, 6.45) is 1.69. The van der Waals surface area contributed by atoms with Gasteiger partial charge in [0, 0.05) is 6.04 Å². The number of hydrogen-bond acceptors (Lipinski definition) is 3. The lowest BCUT2D eigenvalue weighted by Gasteiger charge is -2.12. The molecule has 1 aromatic carbocycles. The highest BCUT2D eigenvalue weighted by molar-refractivity contribution is 5.19. The van der Waals surface area contributed by atoms with Crippen LogP contribution in [0.3, 0.4) is 0 Å². The van der Waals surface area contributed by atoms with E-state index in [4.69, 9.17) is 4.42 Å². The van der Waals surface area contributed by atoms with E-state index in [9.17, 15) is 4.39 Å². The molecule has 0 aliphatic rings. The van der Waals surface area contributed by atoms with E-state index in [0.717, 1.165) is 11.3 Å². The standard InChI is InChI=1S/C13H15FN2O/c1-9-7-16-13(17-9)8-15-10(2)11-3-5-12(14)6-4-11/h3-7,10,15H,8H2,1-2H3. The Morgan fingerprint density at radius 2 is 2.06 bits per heavy atom. The van der Waals surface area contributed by atoms with Gasteiger partial charge in [0.15, 0.2) is 0 Å². The molecule has 3 nitrogen and oxygen atoms in total. The van der Waals surface area contributed by atoms with E-state index in [1.165, 1.54) is 12.1 Å². The van der Waals surface area contributed by atoms with Gasteiger partial charge in [-0.3, -0.25) is 0 Å². The number of hydrogen-bond donors (Lipinski definition) is 1. The zero-order valence-corrected chi connectivity index (χ0v) is 9.90. The highest BCUT2D eigenvalue weighted by Gasteiger charge is 2.07. The van der Waals surface area contributed by atoms with Crippen molar-refractivity contribution in [3.05, 3.63) is 53.5 Å². The van der Waals surface area contributed by atoms with Crippen LogP contribution in [0.2, 0.25) is 0 Å². The molecular weight excluding hydrogens is 219 g/mol. The Kier molecular flexibility index (Phi) is 3.54. The maximum Gasteiger partial charge on any atom is 0.208 e. The largest absolute Gasteiger partial charge is 0.445 e. The van der Waals surface area contributed by atoms with Crippen molar-refractivity contribution in [2.75, 3.05) is 0 Å². The van der Waals surface area contributed by atoms with Gasteiger partial charge in [0.05, 0.1) is 12.7 Å². The average molecular weight is 234 g/mol. The second-order valence-corrected chi connectivity index (χ2v) is 4.02. The lowest BCUT2D eigenvalue weighted by molar-refractivity contribution is 0.432. The third kappa shape index (κ3) is 3.14. The van der Waals surface area contributed by atoms with E-state index < -0.39 is 0 Å². The van der Waals surface area contributed by atoms with Crippen molar-refractivity contribution in [3.8, 4) is 0 Å². The first-order valence-corrected chi connectivity index (χ1v) is 5.55. The fraction of sp³-hybridized carbons (Fsp3) is 0.308. The smallest absolute Gasteiger partial charge is 0.208 e. The highest BCUT2D eigenvalue weighted by atomic mass is 19.1. The Bertz CT molecular complexity index is 478. The molecule has 0 fully saturated rings. The van der Waals surface area contributed by atoms with E-state index in [2.05, 4.69) is 10.3 Å². The Labute approximate surface area is 99.7 Å². The summed E-state index contributed by atoms with van der Waals surface area (Å²) in [5.74, 6) is 1.25. The SMILES string of the molecule is Cc1cnc(CNC(C)c2ccc(F)cc2)o1. The lowest BCUT2D eigenvalue weighted by atomic mass is 10.1. The van der Waals surface area contributed by atoms with Crippen LogP contribution in [0, 0.1) is 12.7 Å². The van der Waals surface area contributed by atoms with Crippen LogP contribution in [0.4, 0.5) is 4.39 Å². The Balaban J connectivity index is 1.93. The second-order valence-electron chi connectivity index (χ2n) is 4.02. The monoisotopic (exact) mass is 234 g/mol. The summed E-state index contributed by atoms with van der Waals surface area (Å²) in [5.41, 5.74) is 1.04. The first-order chi connectivity index (χ1) is 8.15. The summed E-state index contributed by atoms with van der Waals surface area (Å²) in [5, 5.41) is 3.27. The normalized spacial score (nSPS) is 12.6. The summed E-state index contributed by atoms with van der Waals surface area (Å²) in [6, 6.07) is 6.59. The quantitative estimate of drug-likeness (QED) is 0.883. The van der Waals surface area contributed by atoms with Crippen LogP contribution in [-0.2, 0) is 6.54 Å². The summed E-state index contributed by atoms with van der Waals surface area (Å²) in [7, 11) is 0. The number of aromatic nitrogens is 1. The number of benzene rings is 1. The summed E-state index contributed by atoms with van der Waals surface area (Å²) in [6.45, 7) is 4.44. The van der Waals surface area contributed by atoms with Crippen LogP contribution in [0.15, 0.2) is 34.9 Å². The van der Waals surface area contributed by atoms with Gasteiger partial charge in [-0.25, -0.2) is 9.37 Å². The molecule has 0 bridgehead atoms. The molecule has 1 atom stereocenters. The van der Waals surface area contributed by atoms with Gasteiger partial charge in [0.25, 0.3) is 0 Å². The molecule has 1 unspecified atom stereocenters. The molecule has 0 aliphatic carbocycles. The van der Waals surface area contributed by atoms with E-state index >= 15 is 0 Å². The van der Waals surface area contributed by atoms with E-state index in [1.807, 2.05) is 13.8 Å². The summed E-state index contributed by atoms with van der Waals surface area (Å²) in [4.78, 5) is 4.11. The molecule has 0 spiro atoms. The van der Waals surface area contributed by atoms with Gasteiger partial charge in [-0.05, 0) is 31.5 Å². The third-order valence-corrected chi connectivity index (χ3v) is 2.60. The van der Waals surface area contributed by atoms with E-state index in [0.29, 0.717) is 12.4 Å². The molecular formula is C13H15FN2O.